The number of aliphatic hydroxyl groups excluding tert-OH is 1. The van der Waals surface area contributed by atoms with Gasteiger partial charge in [0.15, 0.2) is 11.6 Å². The van der Waals surface area contributed by atoms with Crippen LogP contribution in [0.3, 0.4) is 0 Å². The lowest BCUT2D eigenvalue weighted by atomic mass is 9.44. The first kappa shape index (κ1) is 22.2. The fraction of sp³-hybridized carbons (Fsp3) is 0.840. The quantitative estimate of drug-likeness (QED) is 0.701. The Balaban J connectivity index is 1.79. The molecule has 0 radical (unpaired) electrons. The number of ketones is 2. The molecule has 3 fully saturated rings. The van der Waals surface area contributed by atoms with E-state index in [2.05, 4.69) is 27.7 Å². The Morgan fingerprint density at radius 1 is 1.27 bits per heavy atom. The van der Waals surface area contributed by atoms with E-state index < -0.39 is 17.1 Å². The highest BCUT2D eigenvalue weighted by molar-refractivity contribution is 5.91. The van der Waals surface area contributed by atoms with Gasteiger partial charge in [0, 0.05) is 18.9 Å². The van der Waals surface area contributed by atoms with Crippen molar-refractivity contribution in [3.05, 3.63) is 11.6 Å². The summed E-state index contributed by atoms with van der Waals surface area (Å²) < 4.78 is 11.5. The van der Waals surface area contributed by atoms with Crippen LogP contribution in [0.4, 0.5) is 0 Å². The minimum Gasteiger partial charge on any atom is -0.393 e. The number of hydrogen-bond acceptors (Lipinski definition) is 5. The Labute approximate surface area is 180 Å². The van der Waals surface area contributed by atoms with Gasteiger partial charge in [-0.1, -0.05) is 33.3 Å². The molecule has 4 aliphatic rings. The van der Waals surface area contributed by atoms with E-state index in [0.29, 0.717) is 30.6 Å². The predicted octanol–water partition coefficient (Wildman–Crippen LogP) is 3.93. The smallest absolute Gasteiger partial charge is 0.162 e. The molecule has 1 N–H and O–H groups in total. The van der Waals surface area contributed by atoms with Gasteiger partial charge in [-0.3, -0.25) is 9.59 Å². The second-order valence-corrected chi connectivity index (χ2v) is 11.1. The van der Waals surface area contributed by atoms with Gasteiger partial charge in [0.1, 0.15) is 12.4 Å². The third kappa shape index (κ3) is 2.70. The van der Waals surface area contributed by atoms with E-state index in [-0.39, 0.29) is 35.6 Å². The molecule has 0 heterocycles. The average molecular weight is 419 g/mol. The van der Waals surface area contributed by atoms with Gasteiger partial charge in [-0.2, -0.15) is 0 Å². The molecular formula is C25H38O5. The van der Waals surface area contributed by atoms with Crippen molar-refractivity contribution in [3.8, 4) is 0 Å². The summed E-state index contributed by atoms with van der Waals surface area (Å²) in [6, 6.07) is 0. The van der Waals surface area contributed by atoms with Gasteiger partial charge in [-0.05, 0) is 73.7 Å². The van der Waals surface area contributed by atoms with E-state index in [0.717, 1.165) is 19.3 Å². The van der Waals surface area contributed by atoms with Gasteiger partial charge in [0.05, 0.1) is 6.10 Å². The molecule has 0 saturated heterocycles. The molecule has 9 atom stereocenters. The van der Waals surface area contributed by atoms with Gasteiger partial charge in [0.25, 0.3) is 0 Å². The van der Waals surface area contributed by atoms with Gasteiger partial charge in [0.2, 0.25) is 0 Å². The number of rotatable bonds is 4. The molecule has 168 valence electrons. The molecule has 3 unspecified atom stereocenters. The third-order valence-corrected chi connectivity index (χ3v) is 9.68. The van der Waals surface area contributed by atoms with Gasteiger partial charge < -0.3 is 14.6 Å². The molecule has 4 rings (SSSR count). The molecule has 0 aliphatic heterocycles. The van der Waals surface area contributed by atoms with E-state index in [9.17, 15) is 14.7 Å². The zero-order chi connectivity index (χ0) is 22.1. The number of hydrogen-bond donors (Lipinski definition) is 1. The topological polar surface area (TPSA) is 72.8 Å². The Morgan fingerprint density at radius 2 is 1.97 bits per heavy atom. The Hall–Kier alpha value is -1.04. The zero-order valence-corrected chi connectivity index (χ0v) is 19.4. The molecule has 3 saturated carbocycles. The summed E-state index contributed by atoms with van der Waals surface area (Å²) >= 11 is 0. The number of carbonyl (C=O) groups excluding carboxylic acids is 2. The first-order chi connectivity index (χ1) is 14.0. The molecule has 4 aliphatic carbocycles. The predicted molar refractivity (Wildman–Crippen MR) is 114 cm³/mol. The Bertz CT molecular complexity index is 774. The summed E-state index contributed by atoms with van der Waals surface area (Å²) in [5.74, 6) is 1.40. The monoisotopic (exact) mass is 418 g/mol. The molecule has 0 aromatic carbocycles. The third-order valence-electron chi connectivity index (χ3n) is 9.68. The standard InChI is InChI=1S/C25H38O5/c1-14-9-18-20-10-15(2)25(16(3)26,30-13-29-6)24(20,5)12-21(28)22(18)23(4)8-7-17(27)11-19(14)23/h11,14-15,18,20-22,28H,7-10,12-13H2,1-6H3/t14?,15?,18-,20-,21?,22+,23-,24-,25-/m0/s1. The maximum Gasteiger partial charge on any atom is 0.162 e. The van der Waals surface area contributed by atoms with Crippen molar-refractivity contribution < 1.29 is 24.2 Å². The number of methoxy groups -OCH3 is 1. The number of ether oxygens (including phenoxy) is 2. The number of carbonyl (C=O) groups is 2. The molecular weight excluding hydrogens is 380 g/mol. The van der Waals surface area contributed by atoms with Crippen LogP contribution in [0.1, 0.15) is 66.7 Å². The SMILES string of the molecule is COCO[C@]1(C(C)=O)C(C)C[C@H]2[C@@H]3CC(C)C4=CC(=O)CC[C@]4(C)[C@H]3C(O)C[C@@]21C. The molecule has 5 heteroatoms. The molecule has 30 heavy (non-hydrogen) atoms. The number of fused-ring (bicyclic) bond motifs is 5. The average Bonchev–Trinajstić information content (AvgIpc) is 2.88. The van der Waals surface area contributed by atoms with Crippen molar-refractivity contribution >= 4 is 11.6 Å². The fourth-order valence-corrected chi connectivity index (χ4v) is 8.75. The van der Waals surface area contributed by atoms with Crippen molar-refractivity contribution in [1.29, 1.82) is 0 Å². The van der Waals surface area contributed by atoms with Crippen molar-refractivity contribution in [2.45, 2.75) is 78.4 Å². The highest BCUT2D eigenvalue weighted by Gasteiger charge is 2.71. The molecule has 5 nitrogen and oxygen atoms in total. The van der Waals surface area contributed by atoms with Crippen LogP contribution in [0.15, 0.2) is 11.6 Å². The first-order valence-corrected chi connectivity index (χ1v) is 11.6. The molecule has 0 aromatic heterocycles. The Kier molecular flexibility index (Phi) is 5.35. The van der Waals surface area contributed by atoms with E-state index >= 15 is 0 Å². The number of aliphatic hydroxyl groups is 1. The summed E-state index contributed by atoms with van der Waals surface area (Å²) in [6.07, 6.45) is 5.19. The zero-order valence-electron chi connectivity index (χ0n) is 19.4. The number of allylic oxidation sites excluding steroid dienone is 1. The van der Waals surface area contributed by atoms with E-state index in [4.69, 9.17) is 9.47 Å². The largest absolute Gasteiger partial charge is 0.393 e. The van der Waals surface area contributed by atoms with Crippen LogP contribution in [0, 0.1) is 40.4 Å². The van der Waals surface area contributed by atoms with E-state index in [1.807, 2.05) is 6.08 Å². The highest BCUT2D eigenvalue weighted by Crippen LogP contribution is 2.70. The maximum atomic E-state index is 13.1. The molecule has 0 aromatic rings. The van der Waals surface area contributed by atoms with Crippen LogP contribution in [0.5, 0.6) is 0 Å². The maximum absolute atomic E-state index is 13.1. The van der Waals surface area contributed by atoms with Crippen molar-refractivity contribution in [2.75, 3.05) is 13.9 Å². The molecule has 0 bridgehead atoms. The minimum absolute atomic E-state index is 0.0432. The van der Waals surface area contributed by atoms with Crippen LogP contribution in [0.2, 0.25) is 0 Å². The Morgan fingerprint density at radius 3 is 2.60 bits per heavy atom. The number of Topliss-reactive ketones (excluding diaryl/α,β-unsaturated/α-hetero) is 1. The minimum atomic E-state index is -0.928. The van der Waals surface area contributed by atoms with Crippen LogP contribution in [-0.2, 0) is 19.1 Å². The van der Waals surface area contributed by atoms with Crippen LogP contribution in [0.25, 0.3) is 0 Å². The van der Waals surface area contributed by atoms with Crippen molar-refractivity contribution in [2.24, 2.45) is 40.4 Å². The van der Waals surface area contributed by atoms with E-state index in [1.54, 1.807) is 14.0 Å². The van der Waals surface area contributed by atoms with Crippen molar-refractivity contribution in [1.82, 2.24) is 0 Å². The summed E-state index contributed by atoms with van der Waals surface area (Å²) in [5, 5.41) is 11.6. The van der Waals surface area contributed by atoms with Gasteiger partial charge in [-0.25, -0.2) is 0 Å². The van der Waals surface area contributed by atoms with Crippen LogP contribution >= 0.6 is 0 Å². The summed E-state index contributed by atoms with van der Waals surface area (Å²) in [7, 11) is 1.58. The summed E-state index contributed by atoms with van der Waals surface area (Å²) in [6.45, 7) is 10.5. The lowest BCUT2D eigenvalue weighted by molar-refractivity contribution is -0.222. The van der Waals surface area contributed by atoms with Crippen LogP contribution in [-0.4, -0.2) is 42.3 Å². The summed E-state index contributed by atoms with van der Waals surface area (Å²) in [5.41, 5.74) is -0.265. The van der Waals surface area contributed by atoms with Gasteiger partial charge in [-0.15, -0.1) is 0 Å². The van der Waals surface area contributed by atoms with Crippen LogP contribution < -0.4 is 0 Å². The van der Waals surface area contributed by atoms with E-state index in [1.165, 1.54) is 5.57 Å². The van der Waals surface area contributed by atoms with Crippen molar-refractivity contribution in [3.63, 3.8) is 0 Å². The normalized spacial score (nSPS) is 50.4. The molecule has 0 spiro atoms. The lowest BCUT2D eigenvalue weighted by Gasteiger charge is -2.62. The first-order valence-electron chi connectivity index (χ1n) is 11.6. The second kappa shape index (κ2) is 7.25. The van der Waals surface area contributed by atoms with Gasteiger partial charge >= 0.3 is 0 Å². The fourth-order valence-electron chi connectivity index (χ4n) is 8.75. The second-order valence-electron chi connectivity index (χ2n) is 11.1. The highest BCUT2D eigenvalue weighted by atomic mass is 16.7. The lowest BCUT2D eigenvalue weighted by Crippen LogP contribution is -2.63. The molecule has 0 amide bonds. The summed E-state index contributed by atoms with van der Waals surface area (Å²) in [4.78, 5) is 25.3.